The molecule has 0 amide bonds. The van der Waals surface area contributed by atoms with Gasteiger partial charge in [-0.15, -0.1) is 0 Å². The molecule has 3 heteroatoms. The highest BCUT2D eigenvalue weighted by Gasteiger charge is 2.53. The van der Waals surface area contributed by atoms with E-state index in [0.717, 1.165) is 23.4 Å². The first kappa shape index (κ1) is 13.9. The van der Waals surface area contributed by atoms with Crippen LogP contribution in [0.5, 0.6) is 0 Å². The molecule has 0 aromatic heterocycles. The summed E-state index contributed by atoms with van der Waals surface area (Å²) >= 11 is 5.97. The molecule has 4 fully saturated rings. The lowest BCUT2D eigenvalue weighted by atomic mass is 9.48. The molecule has 0 aliphatic heterocycles. The van der Waals surface area contributed by atoms with Crippen molar-refractivity contribution in [3.05, 3.63) is 29.0 Å². The quantitative estimate of drug-likeness (QED) is 0.778. The van der Waals surface area contributed by atoms with Crippen molar-refractivity contribution in [3.63, 3.8) is 0 Å². The van der Waals surface area contributed by atoms with E-state index in [1.165, 1.54) is 44.6 Å². The van der Waals surface area contributed by atoms with Crippen LogP contribution in [0, 0.1) is 29.0 Å². The lowest BCUT2D eigenvalue weighted by molar-refractivity contribution is -0.0602. The number of benzene rings is 1. The second-order valence-corrected chi connectivity index (χ2v) is 8.24. The van der Waals surface area contributed by atoms with Gasteiger partial charge in [-0.05, 0) is 86.8 Å². The van der Waals surface area contributed by atoms with E-state index in [9.17, 15) is 4.39 Å². The third-order valence-electron chi connectivity index (χ3n) is 6.25. The summed E-state index contributed by atoms with van der Waals surface area (Å²) in [7, 11) is 0. The number of hydrogen-bond acceptors (Lipinski definition) is 1. The van der Waals surface area contributed by atoms with Crippen molar-refractivity contribution in [3.8, 4) is 0 Å². The Balaban J connectivity index is 1.55. The number of rotatable bonds is 3. The van der Waals surface area contributed by atoms with Crippen LogP contribution in [0.15, 0.2) is 18.2 Å². The first-order chi connectivity index (χ1) is 10.0. The van der Waals surface area contributed by atoms with E-state index in [1.54, 1.807) is 6.07 Å². The maximum Gasteiger partial charge on any atom is 0.126 e. The number of anilines is 1. The van der Waals surface area contributed by atoms with Gasteiger partial charge in [-0.25, -0.2) is 4.39 Å². The Hall–Kier alpha value is -0.760. The van der Waals surface area contributed by atoms with Gasteiger partial charge in [0.05, 0.1) is 0 Å². The molecule has 1 aromatic rings. The molecule has 0 heterocycles. The van der Waals surface area contributed by atoms with Gasteiger partial charge in [0.1, 0.15) is 5.82 Å². The van der Waals surface area contributed by atoms with Crippen molar-refractivity contribution >= 4 is 17.3 Å². The van der Waals surface area contributed by atoms with Gasteiger partial charge in [0.15, 0.2) is 0 Å². The molecule has 0 saturated heterocycles. The minimum atomic E-state index is -0.261. The Labute approximate surface area is 131 Å². The summed E-state index contributed by atoms with van der Waals surface area (Å²) in [5.41, 5.74) is 1.25. The first-order valence-electron chi connectivity index (χ1n) is 8.25. The van der Waals surface area contributed by atoms with Crippen LogP contribution < -0.4 is 5.32 Å². The summed E-state index contributed by atoms with van der Waals surface area (Å²) in [6.07, 6.45) is 8.44. The SMILES string of the molecule is CC(Nc1cc(F)cc(Cl)c1)C12CC3CC(CC(C3)C1)C2. The van der Waals surface area contributed by atoms with Crippen molar-refractivity contribution in [1.82, 2.24) is 0 Å². The second kappa shape index (κ2) is 4.87. The normalized spacial score (nSPS) is 38.5. The zero-order valence-electron chi connectivity index (χ0n) is 12.5. The summed E-state index contributed by atoms with van der Waals surface area (Å²) in [5.74, 6) is 2.56. The topological polar surface area (TPSA) is 12.0 Å². The fourth-order valence-corrected chi connectivity index (χ4v) is 5.97. The summed E-state index contributed by atoms with van der Waals surface area (Å²) < 4.78 is 13.5. The third-order valence-corrected chi connectivity index (χ3v) is 6.47. The van der Waals surface area contributed by atoms with E-state index in [1.807, 2.05) is 6.07 Å². The van der Waals surface area contributed by atoms with Gasteiger partial charge >= 0.3 is 0 Å². The van der Waals surface area contributed by atoms with Crippen molar-refractivity contribution in [2.45, 2.75) is 51.5 Å². The molecule has 4 bridgehead atoms. The maximum atomic E-state index is 13.5. The van der Waals surface area contributed by atoms with Crippen LogP contribution in [-0.4, -0.2) is 6.04 Å². The summed E-state index contributed by atoms with van der Waals surface area (Å²) in [6, 6.07) is 5.15. The molecular weight excluding hydrogens is 285 g/mol. The van der Waals surface area contributed by atoms with Crippen molar-refractivity contribution < 1.29 is 4.39 Å². The maximum absolute atomic E-state index is 13.5. The zero-order chi connectivity index (χ0) is 14.6. The number of nitrogens with one attached hydrogen (secondary N) is 1. The lowest BCUT2D eigenvalue weighted by Gasteiger charge is -2.59. The average Bonchev–Trinajstić information content (AvgIpc) is 2.35. The van der Waals surface area contributed by atoms with E-state index < -0.39 is 0 Å². The Morgan fingerprint density at radius 1 is 1.10 bits per heavy atom. The molecule has 21 heavy (non-hydrogen) atoms. The molecule has 4 saturated carbocycles. The van der Waals surface area contributed by atoms with E-state index in [0.29, 0.717) is 16.5 Å². The van der Waals surface area contributed by atoms with E-state index in [4.69, 9.17) is 11.6 Å². The van der Waals surface area contributed by atoms with Gasteiger partial charge in [-0.1, -0.05) is 11.6 Å². The Morgan fingerprint density at radius 2 is 1.67 bits per heavy atom. The van der Waals surface area contributed by atoms with Crippen LogP contribution in [0.1, 0.15) is 45.4 Å². The standard InChI is InChI=1S/C18H23ClFN/c1-11(21-17-6-15(19)5-16(20)7-17)18-8-12-2-13(9-18)4-14(3-12)10-18/h5-7,11-14,21H,2-4,8-10H2,1H3. The van der Waals surface area contributed by atoms with Gasteiger partial charge in [0, 0.05) is 16.8 Å². The van der Waals surface area contributed by atoms with Gasteiger partial charge in [-0.3, -0.25) is 0 Å². The molecule has 5 rings (SSSR count). The minimum absolute atomic E-state index is 0.261. The molecule has 0 spiro atoms. The Morgan fingerprint density at radius 3 is 2.19 bits per heavy atom. The summed E-state index contributed by atoms with van der Waals surface area (Å²) in [5, 5.41) is 4.02. The Bertz CT molecular complexity index is 501. The highest BCUT2D eigenvalue weighted by atomic mass is 35.5. The predicted octanol–water partition coefficient (Wildman–Crippen LogP) is 5.50. The number of halogens is 2. The molecule has 0 radical (unpaired) electrons. The van der Waals surface area contributed by atoms with Gasteiger partial charge in [0.2, 0.25) is 0 Å². The van der Waals surface area contributed by atoms with E-state index >= 15 is 0 Å². The van der Waals surface area contributed by atoms with Crippen LogP contribution >= 0.6 is 11.6 Å². The fourth-order valence-electron chi connectivity index (χ4n) is 5.75. The highest BCUT2D eigenvalue weighted by Crippen LogP contribution is 2.61. The molecule has 1 atom stereocenters. The van der Waals surface area contributed by atoms with Gasteiger partial charge in [-0.2, -0.15) is 0 Å². The highest BCUT2D eigenvalue weighted by molar-refractivity contribution is 6.30. The molecule has 1 N–H and O–H groups in total. The van der Waals surface area contributed by atoms with Crippen LogP contribution in [0.4, 0.5) is 10.1 Å². The van der Waals surface area contributed by atoms with Gasteiger partial charge in [0.25, 0.3) is 0 Å². The fraction of sp³-hybridized carbons (Fsp3) is 0.667. The monoisotopic (exact) mass is 307 g/mol. The molecule has 4 aliphatic carbocycles. The second-order valence-electron chi connectivity index (χ2n) is 7.80. The van der Waals surface area contributed by atoms with Crippen molar-refractivity contribution in [1.29, 1.82) is 0 Å². The van der Waals surface area contributed by atoms with Crippen LogP contribution in [0.3, 0.4) is 0 Å². The molecule has 1 aromatic carbocycles. The smallest absolute Gasteiger partial charge is 0.126 e. The average molecular weight is 308 g/mol. The Kier molecular flexibility index (Phi) is 3.22. The first-order valence-corrected chi connectivity index (χ1v) is 8.63. The molecule has 114 valence electrons. The van der Waals surface area contributed by atoms with Crippen molar-refractivity contribution in [2.75, 3.05) is 5.32 Å². The molecule has 1 nitrogen and oxygen atoms in total. The minimum Gasteiger partial charge on any atom is -0.382 e. The summed E-state index contributed by atoms with van der Waals surface area (Å²) in [4.78, 5) is 0. The molecule has 1 unspecified atom stereocenters. The van der Waals surface area contributed by atoms with E-state index in [2.05, 4.69) is 12.2 Å². The zero-order valence-corrected chi connectivity index (χ0v) is 13.3. The predicted molar refractivity (Wildman–Crippen MR) is 85.1 cm³/mol. The number of hydrogen-bond donors (Lipinski definition) is 1. The largest absolute Gasteiger partial charge is 0.382 e. The van der Waals surface area contributed by atoms with Crippen LogP contribution in [0.2, 0.25) is 5.02 Å². The van der Waals surface area contributed by atoms with Crippen LogP contribution in [-0.2, 0) is 0 Å². The van der Waals surface area contributed by atoms with Crippen LogP contribution in [0.25, 0.3) is 0 Å². The summed E-state index contributed by atoms with van der Waals surface area (Å²) in [6.45, 7) is 2.28. The van der Waals surface area contributed by atoms with Crippen molar-refractivity contribution in [2.24, 2.45) is 23.2 Å². The molecule has 4 aliphatic rings. The third kappa shape index (κ3) is 2.46. The lowest BCUT2D eigenvalue weighted by Crippen LogP contribution is -2.52. The van der Waals surface area contributed by atoms with E-state index in [-0.39, 0.29) is 5.82 Å². The van der Waals surface area contributed by atoms with Gasteiger partial charge < -0.3 is 5.32 Å². The molecular formula is C18H23ClFN.